The summed E-state index contributed by atoms with van der Waals surface area (Å²) < 4.78 is 31.2. The van der Waals surface area contributed by atoms with Gasteiger partial charge in [0.15, 0.2) is 0 Å². The number of morpholine rings is 1. The molecule has 0 radical (unpaired) electrons. The number of carbonyl (C=O) groups excluding carboxylic acids is 1. The lowest BCUT2D eigenvalue weighted by Crippen LogP contribution is -2.48. The van der Waals surface area contributed by atoms with Gasteiger partial charge in [0.25, 0.3) is 15.9 Å². The van der Waals surface area contributed by atoms with Crippen molar-refractivity contribution in [1.82, 2.24) is 14.3 Å². The molecule has 3 rings (SSSR count). The van der Waals surface area contributed by atoms with Gasteiger partial charge in [0, 0.05) is 45.3 Å². The van der Waals surface area contributed by atoms with Crippen molar-refractivity contribution in [3.05, 3.63) is 29.8 Å². The van der Waals surface area contributed by atoms with Crippen molar-refractivity contribution in [2.45, 2.75) is 43.8 Å². The first-order chi connectivity index (χ1) is 14.2. The number of carbonyl (C=O) groups is 1. The molecule has 0 bridgehead atoms. The minimum absolute atomic E-state index is 0.0499. The fraction of sp³-hybridized carbons (Fsp3) is 0.667. The zero-order valence-corrected chi connectivity index (χ0v) is 19.1. The molecular weight excluding hydrogens is 406 g/mol. The second-order valence-corrected chi connectivity index (χ2v) is 10.3. The van der Waals surface area contributed by atoms with E-state index in [0.717, 1.165) is 50.0 Å². The van der Waals surface area contributed by atoms with Gasteiger partial charge in [-0.1, -0.05) is 4.47 Å². The first kappa shape index (κ1) is 23.1. The van der Waals surface area contributed by atoms with E-state index >= 15 is 0 Å². The summed E-state index contributed by atoms with van der Waals surface area (Å²) in [5, 5.41) is 0. The molecule has 2 saturated heterocycles. The molecule has 2 unspecified atom stereocenters. The Morgan fingerprint density at radius 3 is 2.23 bits per heavy atom. The van der Waals surface area contributed by atoms with Crippen LogP contribution in [0.3, 0.4) is 0 Å². The van der Waals surface area contributed by atoms with E-state index in [1.807, 2.05) is 4.90 Å². The molecule has 30 heavy (non-hydrogen) atoms. The molecule has 2 aliphatic heterocycles. The van der Waals surface area contributed by atoms with Crippen LogP contribution in [0.1, 0.15) is 37.0 Å². The topological polar surface area (TPSA) is 79.4 Å². The number of sulfonamides is 1. The van der Waals surface area contributed by atoms with E-state index < -0.39 is 10.0 Å². The van der Waals surface area contributed by atoms with Gasteiger partial charge in [-0.05, 0) is 56.9 Å². The third-order valence-corrected chi connectivity index (χ3v) is 7.60. The van der Waals surface area contributed by atoms with Crippen LogP contribution in [0.5, 0.6) is 0 Å². The highest BCUT2D eigenvalue weighted by Gasteiger charge is 2.28. The van der Waals surface area contributed by atoms with Crippen LogP contribution in [0, 0.1) is 5.92 Å². The standard InChI is InChI=1S/C21H33N3O5S/c1-16-13-23(14-17(2)29-16)15-18-9-11-24(12-10-18)21(25)19-5-7-20(8-6-19)30(26,27)22(3)28-4/h5-8,16-18H,9-15H2,1-4H3. The number of piperidine rings is 1. The smallest absolute Gasteiger partial charge is 0.264 e. The SMILES string of the molecule is CON(C)S(=O)(=O)c1ccc(C(=O)N2CCC(CN3CC(C)OC(C)C3)CC2)cc1. The highest BCUT2D eigenvalue weighted by atomic mass is 32.2. The Morgan fingerprint density at radius 2 is 1.70 bits per heavy atom. The molecule has 8 nitrogen and oxygen atoms in total. The van der Waals surface area contributed by atoms with E-state index in [9.17, 15) is 13.2 Å². The van der Waals surface area contributed by atoms with E-state index in [1.54, 1.807) is 12.1 Å². The third-order valence-electron chi connectivity index (χ3n) is 5.91. The maximum atomic E-state index is 12.8. The van der Waals surface area contributed by atoms with Crippen molar-refractivity contribution in [1.29, 1.82) is 0 Å². The first-order valence-corrected chi connectivity index (χ1v) is 11.9. The quantitative estimate of drug-likeness (QED) is 0.629. The Kier molecular flexibility index (Phi) is 7.52. The summed E-state index contributed by atoms with van der Waals surface area (Å²) >= 11 is 0. The Hall–Kier alpha value is -1.52. The predicted molar refractivity (Wildman–Crippen MR) is 113 cm³/mol. The zero-order chi connectivity index (χ0) is 21.9. The molecule has 1 aromatic carbocycles. The van der Waals surface area contributed by atoms with Crippen LogP contribution >= 0.6 is 0 Å². The summed E-state index contributed by atoms with van der Waals surface area (Å²) in [4.78, 5) is 22.1. The molecule has 0 saturated carbocycles. The molecule has 2 heterocycles. The normalized spacial score (nSPS) is 24.4. The molecular formula is C21H33N3O5S. The molecule has 1 amide bonds. The minimum Gasteiger partial charge on any atom is -0.373 e. The van der Waals surface area contributed by atoms with Gasteiger partial charge in [0.1, 0.15) is 0 Å². The molecule has 0 aliphatic carbocycles. The van der Waals surface area contributed by atoms with Crippen LogP contribution in [0.4, 0.5) is 0 Å². The molecule has 2 atom stereocenters. The Morgan fingerprint density at radius 1 is 1.13 bits per heavy atom. The Balaban J connectivity index is 1.54. The lowest BCUT2D eigenvalue weighted by Gasteiger charge is -2.39. The third kappa shape index (κ3) is 5.39. The largest absolute Gasteiger partial charge is 0.373 e. The molecule has 9 heteroatoms. The molecule has 2 aliphatic rings. The maximum absolute atomic E-state index is 12.8. The van der Waals surface area contributed by atoms with Crippen LogP contribution in [0.25, 0.3) is 0 Å². The number of hydroxylamine groups is 1. The summed E-state index contributed by atoms with van der Waals surface area (Å²) in [7, 11) is -1.09. The molecule has 1 aromatic rings. The van der Waals surface area contributed by atoms with Gasteiger partial charge in [-0.3, -0.25) is 14.5 Å². The number of nitrogens with zero attached hydrogens (tertiary/aromatic N) is 3. The summed E-state index contributed by atoms with van der Waals surface area (Å²) in [5.41, 5.74) is 0.503. The number of ether oxygens (including phenoxy) is 1. The van der Waals surface area contributed by atoms with E-state index in [1.165, 1.54) is 26.3 Å². The fourth-order valence-electron chi connectivity index (χ4n) is 4.32. The van der Waals surface area contributed by atoms with Crippen molar-refractivity contribution in [3.63, 3.8) is 0 Å². The van der Waals surface area contributed by atoms with Gasteiger partial charge in [0.05, 0.1) is 24.2 Å². The van der Waals surface area contributed by atoms with Crippen LogP contribution in [-0.4, -0.2) is 87.7 Å². The van der Waals surface area contributed by atoms with E-state index in [-0.39, 0.29) is 23.0 Å². The number of hydrogen-bond acceptors (Lipinski definition) is 6. The van der Waals surface area contributed by atoms with Gasteiger partial charge in [-0.15, -0.1) is 0 Å². The molecule has 0 aromatic heterocycles. The van der Waals surface area contributed by atoms with Gasteiger partial charge in [-0.25, -0.2) is 8.42 Å². The van der Waals surface area contributed by atoms with E-state index in [0.29, 0.717) is 11.5 Å². The van der Waals surface area contributed by atoms with E-state index in [2.05, 4.69) is 18.7 Å². The molecule has 0 spiro atoms. The average Bonchev–Trinajstić information content (AvgIpc) is 2.72. The highest BCUT2D eigenvalue weighted by molar-refractivity contribution is 7.89. The predicted octanol–water partition coefficient (Wildman–Crippen LogP) is 1.83. The van der Waals surface area contributed by atoms with Crippen molar-refractivity contribution >= 4 is 15.9 Å². The summed E-state index contributed by atoms with van der Waals surface area (Å²) in [6.45, 7) is 8.69. The van der Waals surface area contributed by atoms with E-state index in [4.69, 9.17) is 9.57 Å². The number of amides is 1. The zero-order valence-electron chi connectivity index (χ0n) is 18.3. The Bertz CT molecular complexity index is 812. The first-order valence-electron chi connectivity index (χ1n) is 10.5. The van der Waals surface area contributed by atoms with Crippen molar-refractivity contribution in [3.8, 4) is 0 Å². The van der Waals surface area contributed by atoms with Crippen LogP contribution < -0.4 is 0 Å². The maximum Gasteiger partial charge on any atom is 0.264 e. The van der Waals surface area contributed by atoms with Crippen LogP contribution in [-0.2, 0) is 19.6 Å². The van der Waals surface area contributed by atoms with Crippen molar-refractivity contribution in [2.24, 2.45) is 5.92 Å². The number of benzene rings is 1. The van der Waals surface area contributed by atoms with Crippen LogP contribution in [0.2, 0.25) is 0 Å². The molecule has 168 valence electrons. The summed E-state index contributed by atoms with van der Waals surface area (Å²) in [6.07, 6.45) is 2.50. The summed E-state index contributed by atoms with van der Waals surface area (Å²) in [6, 6.07) is 6.04. The van der Waals surface area contributed by atoms with Crippen LogP contribution in [0.15, 0.2) is 29.2 Å². The van der Waals surface area contributed by atoms with Gasteiger partial charge < -0.3 is 9.64 Å². The monoisotopic (exact) mass is 439 g/mol. The summed E-state index contributed by atoms with van der Waals surface area (Å²) in [5.74, 6) is 0.537. The lowest BCUT2D eigenvalue weighted by atomic mass is 9.95. The minimum atomic E-state index is -3.71. The number of hydrogen-bond donors (Lipinski definition) is 0. The van der Waals surface area contributed by atoms with Gasteiger partial charge in [-0.2, -0.15) is 0 Å². The molecule has 2 fully saturated rings. The fourth-order valence-corrected chi connectivity index (χ4v) is 5.29. The number of rotatable bonds is 6. The van der Waals surface area contributed by atoms with Gasteiger partial charge >= 0.3 is 0 Å². The second kappa shape index (κ2) is 9.74. The lowest BCUT2D eigenvalue weighted by molar-refractivity contribution is -0.0728. The number of likely N-dealkylation sites (tertiary alicyclic amines) is 1. The van der Waals surface area contributed by atoms with Crippen molar-refractivity contribution in [2.75, 3.05) is 46.9 Å². The second-order valence-electron chi connectivity index (χ2n) is 8.33. The molecule has 0 N–H and O–H groups in total. The Labute approximate surface area is 179 Å². The van der Waals surface area contributed by atoms with Gasteiger partial charge in [0.2, 0.25) is 0 Å². The average molecular weight is 440 g/mol. The highest BCUT2D eigenvalue weighted by Crippen LogP contribution is 2.23. The van der Waals surface area contributed by atoms with Crippen molar-refractivity contribution < 1.29 is 22.8 Å².